The third kappa shape index (κ3) is 3.25. The lowest BCUT2D eigenvalue weighted by atomic mass is 9.78. The van der Waals surface area contributed by atoms with E-state index in [1.54, 1.807) is 30.5 Å². The number of amides is 1. The Labute approximate surface area is 171 Å². The Morgan fingerprint density at radius 2 is 1.97 bits per heavy atom. The lowest BCUT2D eigenvalue weighted by Gasteiger charge is -2.42. The van der Waals surface area contributed by atoms with E-state index in [1.165, 1.54) is 6.42 Å². The van der Waals surface area contributed by atoms with Crippen LogP contribution in [0.15, 0.2) is 41.4 Å². The van der Waals surface area contributed by atoms with Crippen molar-refractivity contribution in [1.29, 1.82) is 0 Å². The summed E-state index contributed by atoms with van der Waals surface area (Å²) in [6.45, 7) is 0. The summed E-state index contributed by atoms with van der Waals surface area (Å²) in [4.78, 5) is 22.1. The van der Waals surface area contributed by atoms with Crippen molar-refractivity contribution in [2.75, 3.05) is 10.6 Å². The maximum Gasteiger partial charge on any atom is 0.229 e. The molecule has 0 saturated heterocycles. The van der Waals surface area contributed by atoms with Crippen molar-refractivity contribution in [3.05, 3.63) is 36.5 Å². The number of hydrogen-bond donors (Lipinski definition) is 3. The quantitative estimate of drug-likeness (QED) is 0.570. The molecule has 3 aromatic rings. The summed E-state index contributed by atoms with van der Waals surface area (Å²) in [6.07, 6.45) is 7.71. The number of hydrogen-bond acceptors (Lipinski definition) is 6. The van der Waals surface area contributed by atoms with Gasteiger partial charge < -0.3 is 19.8 Å². The van der Waals surface area contributed by atoms with Crippen molar-refractivity contribution in [2.24, 2.45) is 5.14 Å². The molecule has 1 spiro atoms. The van der Waals surface area contributed by atoms with Gasteiger partial charge in [0.1, 0.15) is 11.5 Å². The van der Waals surface area contributed by atoms with E-state index in [1.807, 2.05) is 6.07 Å². The summed E-state index contributed by atoms with van der Waals surface area (Å²) in [5.41, 5.74) is 1.42. The third-order valence-corrected chi connectivity index (χ3v) is 6.64. The van der Waals surface area contributed by atoms with E-state index in [2.05, 4.69) is 20.2 Å². The number of nitrogens with one attached hydrogen (secondary N) is 2. The van der Waals surface area contributed by atoms with Gasteiger partial charge in [-0.3, -0.25) is 4.79 Å². The highest BCUT2D eigenvalue weighted by molar-refractivity contribution is 7.89. The fourth-order valence-corrected chi connectivity index (χ4v) is 5.00. The lowest BCUT2D eigenvalue weighted by Crippen LogP contribution is -2.44. The van der Waals surface area contributed by atoms with Gasteiger partial charge in [-0.1, -0.05) is 19.3 Å². The maximum atomic E-state index is 12.4. The van der Waals surface area contributed by atoms with Crippen LogP contribution in [0.5, 0.6) is 0 Å². The average molecular weight is 411 g/mol. The number of nitrogens with zero attached hydrogens (tertiary/aromatic N) is 3. The van der Waals surface area contributed by atoms with E-state index in [0.29, 0.717) is 17.3 Å². The summed E-state index contributed by atoms with van der Waals surface area (Å²) in [5.74, 6) is 1.35. The molecule has 1 aromatic carbocycles. The number of rotatable bonds is 3. The normalized spacial score (nSPS) is 19.0. The minimum absolute atomic E-state index is 0.0749. The topological polar surface area (TPSA) is 121 Å². The molecule has 5 rings (SSSR count). The summed E-state index contributed by atoms with van der Waals surface area (Å²) in [6, 6.07) is 8.97. The van der Waals surface area contributed by atoms with Crippen LogP contribution in [0.4, 0.5) is 17.5 Å². The largest absolute Gasteiger partial charge is 0.593 e. The minimum atomic E-state index is -1.50. The van der Waals surface area contributed by atoms with Gasteiger partial charge >= 0.3 is 0 Å². The molecule has 3 heterocycles. The fourth-order valence-electron chi connectivity index (χ4n) is 4.60. The van der Waals surface area contributed by atoms with E-state index >= 15 is 0 Å². The molecule has 2 aromatic heterocycles. The predicted octanol–water partition coefficient (Wildman–Crippen LogP) is 3.16. The number of carbonyl (C=O) groups excluding carboxylic acids is 1. The smallest absolute Gasteiger partial charge is 0.229 e. The molecule has 9 heteroatoms. The Balaban J connectivity index is 1.53. The van der Waals surface area contributed by atoms with Crippen molar-refractivity contribution < 1.29 is 9.35 Å². The zero-order valence-electron chi connectivity index (χ0n) is 15.9. The Bertz CT molecular complexity index is 1070. The number of benzene rings is 1. The zero-order valence-corrected chi connectivity index (χ0v) is 16.7. The number of anilines is 3. The third-order valence-electron chi connectivity index (χ3n) is 5.90. The van der Waals surface area contributed by atoms with Gasteiger partial charge in [0.15, 0.2) is 4.90 Å². The van der Waals surface area contributed by atoms with E-state index in [-0.39, 0.29) is 11.4 Å². The monoisotopic (exact) mass is 410 g/mol. The van der Waals surface area contributed by atoms with Crippen molar-refractivity contribution >= 4 is 45.8 Å². The van der Waals surface area contributed by atoms with E-state index in [4.69, 9.17) is 10.1 Å². The molecule has 1 aliphatic carbocycles. The second kappa shape index (κ2) is 7.01. The number of nitrogens with two attached hydrogens (primary N) is 1. The standard InChI is InChI=1S/C20H22N6O2S/c21-29(28)15-6-4-14(5-7-15)23-19-22-12-13-10-16-24-17(27)11-20(8-2-1-3-9-20)26(16)18(13)25-19/h4-7,10,12H,1-3,8-9,11,21H2,(H,24,27)(H,22,23,25). The maximum absolute atomic E-state index is 12.4. The lowest BCUT2D eigenvalue weighted by molar-refractivity contribution is -0.119. The first-order chi connectivity index (χ1) is 14.0. The van der Waals surface area contributed by atoms with Crippen LogP contribution >= 0.6 is 0 Å². The van der Waals surface area contributed by atoms with Gasteiger partial charge in [-0.2, -0.15) is 4.98 Å². The molecule has 0 bridgehead atoms. The second-order valence-electron chi connectivity index (χ2n) is 7.79. The zero-order chi connectivity index (χ0) is 20.0. The highest BCUT2D eigenvalue weighted by atomic mass is 32.2. The van der Waals surface area contributed by atoms with Crippen LogP contribution in [0.1, 0.15) is 38.5 Å². The first kappa shape index (κ1) is 18.4. The molecule has 1 fully saturated rings. The molecule has 2 aliphatic rings. The first-order valence-electron chi connectivity index (χ1n) is 9.76. The van der Waals surface area contributed by atoms with Crippen molar-refractivity contribution in [3.8, 4) is 0 Å². The van der Waals surface area contributed by atoms with Crippen LogP contribution in [-0.2, 0) is 21.7 Å². The number of aromatic nitrogens is 3. The van der Waals surface area contributed by atoms with Crippen LogP contribution in [-0.4, -0.2) is 25.0 Å². The second-order valence-corrected chi connectivity index (χ2v) is 8.86. The van der Waals surface area contributed by atoms with Gasteiger partial charge in [-0.05, 0) is 43.2 Å². The van der Waals surface area contributed by atoms with Crippen LogP contribution in [0.25, 0.3) is 11.0 Å². The SMILES string of the molecule is N[S+]([O-])c1ccc(Nc2ncc3cc4n(c3n2)C2(CCCCC2)CC(=O)N4)cc1. The van der Waals surface area contributed by atoms with Crippen molar-refractivity contribution in [1.82, 2.24) is 14.5 Å². The molecule has 4 N–H and O–H groups in total. The summed E-state index contributed by atoms with van der Waals surface area (Å²) in [7, 11) is 0. The molecule has 8 nitrogen and oxygen atoms in total. The highest BCUT2D eigenvalue weighted by Gasteiger charge is 2.42. The predicted molar refractivity (Wildman–Crippen MR) is 112 cm³/mol. The first-order valence-corrected chi connectivity index (χ1v) is 11.0. The van der Waals surface area contributed by atoms with E-state index in [0.717, 1.165) is 48.2 Å². The molecule has 1 aliphatic heterocycles. The van der Waals surface area contributed by atoms with Crippen LogP contribution in [0.3, 0.4) is 0 Å². The van der Waals surface area contributed by atoms with Crippen molar-refractivity contribution in [3.63, 3.8) is 0 Å². The van der Waals surface area contributed by atoms with Gasteiger partial charge in [-0.15, -0.1) is 5.14 Å². The summed E-state index contributed by atoms with van der Waals surface area (Å²) >= 11 is -1.50. The molecule has 29 heavy (non-hydrogen) atoms. The Hall–Kier alpha value is -2.62. The van der Waals surface area contributed by atoms with Gasteiger partial charge in [0.05, 0.1) is 23.3 Å². The molecule has 1 unspecified atom stereocenters. The summed E-state index contributed by atoms with van der Waals surface area (Å²) in [5, 5.41) is 12.5. The van der Waals surface area contributed by atoms with Crippen molar-refractivity contribution in [2.45, 2.75) is 49.0 Å². The van der Waals surface area contributed by atoms with Crippen LogP contribution < -0.4 is 15.8 Å². The molecular weight excluding hydrogens is 388 g/mol. The van der Waals surface area contributed by atoms with Gasteiger partial charge in [0.2, 0.25) is 11.9 Å². The highest BCUT2D eigenvalue weighted by Crippen LogP contribution is 2.45. The Kier molecular flexibility index (Phi) is 4.45. The Morgan fingerprint density at radius 3 is 2.69 bits per heavy atom. The van der Waals surface area contributed by atoms with Crippen LogP contribution in [0, 0.1) is 0 Å². The molecular formula is C20H22N6O2S. The number of fused-ring (bicyclic) bond motifs is 4. The van der Waals surface area contributed by atoms with Gasteiger partial charge in [0.25, 0.3) is 0 Å². The molecule has 0 radical (unpaired) electrons. The van der Waals surface area contributed by atoms with Crippen LogP contribution in [0.2, 0.25) is 0 Å². The molecule has 1 atom stereocenters. The molecule has 1 amide bonds. The molecule has 1 saturated carbocycles. The molecule has 150 valence electrons. The Morgan fingerprint density at radius 1 is 1.21 bits per heavy atom. The fraction of sp³-hybridized carbons (Fsp3) is 0.350. The van der Waals surface area contributed by atoms with E-state index < -0.39 is 11.4 Å². The average Bonchev–Trinajstić information content (AvgIpc) is 3.07. The van der Waals surface area contributed by atoms with Gasteiger partial charge in [0, 0.05) is 17.3 Å². The summed E-state index contributed by atoms with van der Waals surface area (Å²) < 4.78 is 13.6. The number of carbonyl (C=O) groups is 1. The van der Waals surface area contributed by atoms with Gasteiger partial charge in [-0.25, -0.2) is 4.98 Å². The van der Waals surface area contributed by atoms with E-state index in [9.17, 15) is 9.35 Å². The minimum Gasteiger partial charge on any atom is -0.593 e.